The molecule has 90 valence electrons. The van der Waals surface area contributed by atoms with Gasteiger partial charge in [0.25, 0.3) is 0 Å². The molecule has 0 radical (unpaired) electrons. The Kier molecular flexibility index (Phi) is 5.88. The van der Waals surface area contributed by atoms with E-state index in [2.05, 4.69) is 27.7 Å². The van der Waals surface area contributed by atoms with Gasteiger partial charge < -0.3 is 10.6 Å². The van der Waals surface area contributed by atoms with Gasteiger partial charge in [-0.15, -0.1) is 0 Å². The molecule has 0 saturated heterocycles. The van der Waals surface area contributed by atoms with Crippen LogP contribution in [0, 0.1) is 0 Å². The van der Waals surface area contributed by atoms with Crippen molar-refractivity contribution in [2.24, 2.45) is 5.73 Å². The third kappa shape index (κ3) is 4.20. The van der Waals surface area contributed by atoms with E-state index < -0.39 is 0 Å². The van der Waals surface area contributed by atoms with E-state index in [9.17, 15) is 4.79 Å². The van der Waals surface area contributed by atoms with Gasteiger partial charge in [0.1, 0.15) is 0 Å². The minimum Gasteiger partial charge on any atom is -0.339 e. The second-order valence-electron chi connectivity index (χ2n) is 4.81. The first kappa shape index (κ1) is 14.4. The molecule has 1 unspecified atom stereocenters. The molecule has 15 heavy (non-hydrogen) atoms. The minimum atomic E-state index is -0.333. The topological polar surface area (TPSA) is 46.3 Å². The van der Waals surface area contributed by atoms with Crippen LogP contribution in [0.4, 0.5) is 0 Å². The van der Waals surface area contributed by atoms with Crippen LogP contribution < -0.4 is 5.73 Å². The molecule has 0 aliphatic rings. The summed E-state index contributed by atoms with van der Waals surface area (Å²) in [5, 5.41) is 0. The minimum absolute atomic E-state index is 0.0651. The van der Waals surface area contributed by atoms with Gasteiger partial charge in [-0.25, -0.2) is 0 Å². The molecular formula is C12H26N2O. The third-order valence-corrected chi connectivity index (χ3v) is 3.29. The molecule has 0 bridgehead atoms. The SMILES string of the molecule is CCCCC(N)C(=O)N(C)C(C)(C)CC. The molecule has 0 aromatic rings. The average molecular weight is 214 g/mol. The van der Waals surface area contributed by atoms with E-state index >= 15 is 0 Å². The number of carbonyl (C=O) groups is 1. The van der Waals surface area contributed by atoms with Crippen molar-refractivity contribution < 1.29 is 4.79 Å². The van der Waals surface area contributed by atoms with E-state index in [4.69, 9.17) is 5.73 Å². The van der Waals surface area contributed by atoms with E-state index in [0.717, 1.165) is 25.7 Å². The largest absolute Gasteiger partial charge is 0.339 e. The molecule has 1 atom stereocenters. The first-order valence-corrected chi connectivity index (χ1v) is 5.90. The summed E-state index contributed by atoms with van der Waals surface area (Å²) in [7, 11) is 1.84. The normalized spacial score (nSPS) is 13.7. The lowest BCUT2D eigenvalue weighted by Crippen LogP contribution is -2.51. The summed E-state index contributed by atoms with van der Waals surface area (Å²) in [6, 6.07) is -0.333. The molecule has 0 rings (SSSR count). The monoisotopic (exact) mass is 214 g/mol. The molecule has 0 heterocycles. The van der Waals surface area contributed by atoms with Gasteiger partial charge in [0, 0.05) is 12.6 Å². The fraction of sp³-hybridized carbons (Fsp3) is 0.917. The lowest BCUT2D eigenvalue weighted by atomic mass is 9.98. The maximum absolute atomic E-state index is 12.0. The fourth-order valence-corrected chi connectivity index (χ4v) is 1.33. The summed E-state index contributed by atoms with van der Waals surface area (Å²) < 4.78 is 0. The van der Waals surface area contributed by atoms with Crippen molar-refractivity contribution in [2.45, 2.75) is 65.0 Å². The van der Waals surface area contributed by atoms with Crippen LogP contribution in [0.5, 0.6) is 0 Å². The summed E-state index contributed by atoms with van der Waals surface area (Å²) in [5.41, 5.74) is 5.77. The molecule has 1 amide bonds. The second-order valence-corrected chi connectivity index (χ2v) is 4.81. The van der Waals surface area contributed by atoms with Crippen LogP contribution in [0.15, 0.2) is 0 Å². The first-order valence-electron chi connectivity index (χ1n) is 5.90. The molecule has 2 N–H and O–H groups in total. The maximum Gasteiger partial charge on any atom is 0.239 e. The Balaban J connectivity index is 4.31. The van der Waals surface area contributed by atoms with E-state index in [1.54, 1.807) is 4.90 Å². The van der Waals surface area contributed by atoms with E-state index in [1.165, 1.54) is 0 Å². The zero-order chi connectivity index (χ0) is 12.1. The number of rotatable bonds is 6. The van der Waals surface area contributed by atoms with Crippen molar-refractivity contribution in [3.05, 3.63) is 0 Å². The van der Waals surface area contributed by atoms with E-state index in [0.29, 0.717) is 0 Å². The summed E-state index contributed by atoms with van der Waals surface area (Å²) in [4.78, 5) is 13.7. The quantitative estimate of drug-likeness (QED) is 0.736. The lowest BCUT2D eigenvalue weighted by Gasteiger charge is -2.36. The number of unbranched alkanes of at least 4 members (excludes halogenated alkanes) is 1. The highest BCUT2D eigenvalue weighted by Gasteiger charge is 2.28. The fourth-order valence-electron chi connectivity index (χ4n) is 1.33. The van der Waals surface area contributed by atoms with Crippen LogP contribution in [0.3, 0.4) is 0 Å². The van der Waals surface area contributed by atoms with Gasteiger partial charge in [-0.05, 0) is 26.7 Å². The predicted molar refractivity (Wildman–Crippen MR) is 64.6 cm³/mol. The number of amides is 1. The Morgan fingerprint density at radius 1 is 1.40 bits per heavy atom. The van der Waals surface area contributed by atoms with Gasteiger partial charge in [-0.2, -0.15) is 0 Å². The first-order chi connectivity index (χ1) is 6.86. The van der Waals surface area contributed by atoms with Crippen LogP contribution >= 0.6 is 0 Å². The number of carbonyl (C=O) groups excluding carboxylic acids is 1. The highest BCUT2D eigenvalue weighted by Crippen LogP contribution is 2.17. The van der Waals surface area contributed by atoms with E-state index in [-0.39, 0.29) is 17.5 Å². The Labute approximate surface area is 94.0 Å². The second kappa shape index (κ2) is 6.11. The number of hydrogen-bond donors (Lipinski definition) is 1. The number of nitrogens with zero attached hydrogens (tertiary/aromatic N) is 1. The summed E-state index contributed by atoms with van der Waals surface area (Å²) in [6.45, 7) is 8.33. The Bertz CT molecular complexity index is 202. The molecule has 0 aliphatic heterocycles. The van der Waals surface area contributed by atoms with Crippen LogP contribution in [-0.4, -0.2) is 29.4 Å². The van der Waals surface area contributed by atoms with Crippen molar-refractivity contribution in [1.82, 2.24) is 4.90 Å². The summed E-state index contributed by atoms with van der Waals surface area (Å²) >= 11 is 0. The van der Waals surface area contributed by atoms with Crippen molar-refractivity contribution in [2.75, 3.05) is 7.05 Å². The van der Waals surface area contributed by atoms with Gasteiger partial charge in [-0.1, -0.05) is 26.7 Å². The molecule has 0 saturated carbocycles. The Morgan fingerprint density at radius 2 is 1.93 bits per heavy atom. The van der Waals surface area contributed by atoms with Crippen molar-refractivity contribution in [3.8, 4) is 0 Å². The molecule has 3 nitrogen and oxygen atoms in total. The van der Waals surface area contributed by atoms with Crippen LogP contribution in [0.25, 0.3) is 0 Å². The van der Waals surface area contributed by atoms with Crippen LogP contribution in [0.2, 0.25) is 0 Å². The van der Waals surface area contributed by atoms with Crippen molar-refractivity contribution >= 4 is 5.91 Å². The highest BCUT2D eigenvalue weighted by atomic mass is 16.2. The number of hydrogen-bond acceptors (Lipinski definition) is 2. The molecule has 0 fully saturated rings. The zero-order valence-corrected chi connectivity index (χ0v) is 10.8. The number of nitrogens with two attached hydrogens (primary N) is 1. The predicted octanol–water partition coefficient (Wildman–Crippen LogP) is 2.15. The summed E-state index contributed by atoms with van der Waals surface area (Å²) in [5.74, 6) is 0.0651. The van der Waals surface area contributed by atoms with Crippen molar-refractivity contribution in [3.63, 3.8) is 0 Å². The molecule has 0 spiro atoms. The highest BCUT2D eigenvalue weighted by molar-refractivity contribution is 5.82. The van der Waals surface area contributed by atoms with Gasteiger partial charge >= 0.3 is 0 Å². The van der Waals surface area contributed by atoms with Gasteiger partial charge in [0.2, 0.25) is 5.91 Å². The third-order valence-electron chi connectivity index (χ3n) is 3.29. The van der Waals surface area contributed by atoms with Crippen LogP contribution in [0.1, 0.15) is 53.4 Å². The van der Waals surface area contributed by atoms with Crippen molar-refractivity contribution in [1.29, 1.82) is 0 Å². The zero-order valence-electron chi connectivity index (χ0n) is 10.8. The van der Waals surface area contributed by atoms with Crippen LogP contribution in [-0.2, 0) is 4.79 Å². The summed E-state index contributed by atoms with van der Waals surface area (Å²) in [6.07, 6.45) is 3.84. The molecule has 0 aromatic carbocycles. The molecular weight excluding hydrogens is 188 g/mol. The van der Waals surface area contributed by atoms with Gasteiger partial charge in [0.05, 0.1) is 6.04 Å². The number of likely N-dealkylation sites (N-methyl/N-ethyl adjacent to an activating group) is 1. The molecule has 0 aliphatic carbocycles. The van der Waals surface area contributed by atoms with Gasteiger partial charge in [0.15, 0.2) is 0 Å². The smallest absolute Gasteiger partial charge is 0.239 e. The molecule has 0 aromatic heterocycles. The lowest BCUT2D eigenvalue weighted by molar-refractivity contribution is -0.136. The maximum atomic E-state index is 12.0. The van der Waals surface area contributed by atoms with Gasteiger partial charge in [-0.3, -0.25) is 4.79 Å². The Morgan fingerprint density at radius 3 is 2.33 bits per heavy atom. The average Bonchev–Trinajstić information content (AvgIpc) is 2.23. The van der Waals surface area contributed by atoms with E-state index in [1.807, 2.05) is 7.05 Å². The Hall–Kier alpha value is -0.570. The molecule has 3 heteroatoms. The standard InChI is InChI=1S/C12H26N2O/c1-6-8-9-10(13)11(15)14(5)12(3,4)7-2/h10H,6-9,13H2,1-5H3.